The summed E-state index contributed by atoms with van der Waals surface area (Å²) in [5, 5.41) is 10.5. The Morgan fingerprint density at radius 2 is 1.94 bits per heavy atom. The fourth-order valence-electron chi connectivity index (χ4n) is 1.78. The van der Waals surface area contributed by atoms with Crippen molar-refractivity contribution in [2.75, 3.05) is 0 Å². The second kappa shape index (κ2) is 4.98. The zero-order chi connectivity index (χ0) is 12.3. The summed E-state index contributed by atoms with van der Waals surface area (Å²) in [5.41, 5.74) is 1.05. The van der Waals surface area contributed by atoms with E-state index < -0.39 is 5.60 Å². The molecule has 2 aromatic rings. The molecule has 2 rings (SSSR count). The number of rotatable bonds is 3. The van der Waals surface area contributed by atoms with Crippen molar-refractivity contribution in [3.8, 4) is 0 Å². The largest absolute Gasteiger partial charge is 0.385 e. The molecule has 0 bridgehead atoms. The van der Waals surface area contributed by atoms with E-state index in [1.54, 1.807) is 12.4 Å². The van der Waals surface area contributed by atoms with E-state index in [0.717, 1.165) is 15.6 Å². The lowest BCUT2D eigenvalue weighted by Crippen LogP contribution is -2.24. The Balaban J connectivity index is 2.20. The first-order valence-electron chi connectivity index (χ1n) is 5.45. The topological polar surface area (TPSA) is 33.1 Å². The molecular formula is C14H14BrNO. The van der Waals surface area contributed by atoms with Crippen molar-refractivity contribution in [3.63, 3.8) is 0 Å². The van der Waals surface area contributed by atoms with Crippen LogP contribution in [0.25, 0.3) is 0 Å². The SMILES string of the molecule is CC(O)(Cc1ccc(Br)cc1)c1cccnc1. The molecular weight excluding hydrogens is 278 g/mol. The summed E-state index contributed by atoms with van der Waals surface area (Å²) in [6, 6.07) is 11.7. The molecule has 17 heavy (non-hydrogen) atoms. The van der Waals surface area contributed by atoms with Crippen molar-refractivity contribution in [1.29, 1.82) is 0 Å². The summed E-state index contributed by atoms with van der Waals surface area (Å²) in [6.45, 7) is 1.81. The average Bonchev–Trinajstić information content (AvgIpc) is 2.33. The molecule has 1 atom stereocenters. The van der Waals surface area contributed by atoms with Crippen molar-refractivity contribution in [2.24, 2.45) is 0 Å². The van der Waals surface area contributed by atoms with Crippen LogP contribution in [0.1, 0.15) is 18.1 Å². The molecule has 0 aliphatic rings. The zero-order valence-electron chi connectivity index (χ0n) is 9.60. The standard InChI is InChI=1S/C14H14BrNO/c1-14(17,12-3-2-8-16-10-12)9-11-4-6-13(15)7-5-11/h2-8,10,17H,9H2,1H3. The van der Waals surface area contributed by atoms with Crippen LogP contribution in [0.4, 0.5) is 0 Å². The van der Waals surface area contributed by atoms with Crippen LogP contribution in [0.5, 0.6) is 0 Å². The fraction of sp³-hybridized carbons (Fsp3) is 0.214. The summed E-state index contributed by atoms with van der Waals surface area (Å²) < 4.78 is 1.04. The maximum Gasteiger partial charge on any atom is 0.0923 e. The number of hydrogen-bond donors (Lipinski definition) is 1. The Bertz CT molecular complexity index is 479. The van der Waals surface area contributed by atoms with Gasteiger partial charge in [0.05, 0.1) is 5.60 Å². The molecule has 0 fully saturated rings. The molecule has 0 saturated heterocycles. The van der Waals surface area contributed by atoms with Gasteiger partial charge in [0.25, 0.3) is 0 Å². The van der Waals surface area contributed by atoms with Gasteiger partial charge in [-0.2, -0.15) is 0 Å². The number of benzene rings is 1. The van der Waals surface area contributed by atoms with Gasteiger partial charge in [0.15, 0.2) is 0 Å². The molecule has 0 spiro atoms. The zero-order valence-corrected chi connectivity index (χ0v) is 11.2. The Morgan fingerprint density at radius 3 is 2.53 bits per heavy atom. The Kier molecular flexibility index (Phi) is 3.60. The van der Waals surface area contributed by atoms with Gasteiger partial charge in [-0.05, 0) is 30.7 Å². The molecule has 0 amide bonds. The van der Waals surface area contributed by atoms with Crippen LogP contribution in [-0.4, -0.2) is 10.1 Å². The molecule has 3 heteroatoms. The van der Waals surface area contributed by atoms with Gasteiger partial charge in [-0.1, -0.05) is 34.1 Å². The van der Waals surface area contributed by atoms with E-state index in [1.165, 1.54) is 0 Å². The minimum atomic E-state index is -0.887. The second-order valence-corrected chi connectivity index (χ2v) is 5.23. The van der Waals surface area contributed by atoms with Gasteiger partial charge in [-0.3, -0.25) is 4.98 Å². The number of nitrogens with zero attached hydrogens (tertiary/aromatic N) is 1. The van der Waals surface area contributed by atoms with Crippen molar-refractivity contribution in [2.45, 2.75) is 18.9 Å². The molecule has 1 aromatic heterocycles. The normalized spacial score (nSPS) is 14.3. The quantitative estimate of drug-likeness (QED) is 0.941. The Morgan fingerprint density at radius 1 is 1.24 bits per heavy atom. The molecule has 1 heterocycles. The molecule has 0 radical (unpaired) electrons. The third-order valence-corrected chi connectivity index (χ3v) is 3.27. The van der Waals surface area contributed by atoms with E-state index in [-0.39, 0.29) is 0 Å². The summed E-state index contributed by atoms with van der Waals surface area (Å²) in [7, 11) is 0. The summed E-state index contributed by atoms with van der Waals surface area (Å²) in [4.78, 5) is 4.04. The van der Waals surface area contributed by atoms with Crippen molar-refractivity contribution in [1.82, 2.24) is 4.98 Å². The molecule has 0 aliphatic carbocycles. The maximum atomic E-state index is 10.5. The van der Waals surface area contributed by atoms with Gasteiger partial charge in [-0.15, -0.1) is 0 Å². The number of aliphatic hydroxyl groups is 1. The highest BCUT2D eigenvalue weighted by Crippen LogP contribution is 2.25. The van der Waals surface area contributed by atoms with E-state index in [2.05, 4.69) is 20.9 Å². The van der Waals surface area contributed by atoms with Gasteiger partial charge in [0, 0.05) is 28.9 Å². The molecule has 2 nitrogen and oxygen atoms in total. The first-order valence-corrected chi connectivity index (χ1v) is 6.24. The third-order valence-electron chi connectivity index (χ3n) is 2.75. The van der Waals surface area contributed by atoms with Crippen molar-refractivity contribution >= 4 is 15.9 Å². The van der Waals surface area contributed by atoms with E-state index >= 15 is 0 Å². The van der Waals surface area contributed by atoms with Crippen LogP contribution in [-0.2, 0) is 12.0 Å². The number of pyridine rings is 1. The van der Waals surface area contributed by atoms with Crippen LogP contribution < -0.4 is 0 Å². The lowest BCUT2D eigenvalue weighted by atomic mass is 9.90. The predicted molar refractivity (Wildman–Crippen MR) is 71.7 cm³/mol. The van der Waals surface area contributed by atoms with Crippen LogP contribution in [0.2, 0.25) is 0 Å². The van der Waals surface area contributed by atoms with Crippen molar-refractivity contribution in [3.05, 3.63) is 64.4 Å². The minimum Gasteiger partial charge on any atom is -0.385 e. The highest BCUT2D eigenvalue weighted by molar-refractivity contribution is 9.10. The molecule has 88 valence electrons. The molecule has 0 saturated carbocycles. The van der Waals surface area contributed by atoms with Crippen LogP contribution in [0.15, 0.2) is 53.3 Å². The first-order chi connectivity index (χ1) is 8.08. The van der Waals surface area contributed by atoms with E-state index in [9.17, 15) is 5.11 Å². The van der Waals surface area contributed by atoms with Gasteiger partial charge in [0.1, 0.15) is 0 Å². The summed E-state index contributed by atoms with van der Waals surface area (Å²) in [6.07, 6.45) is 3.99. The Hall–Kier alpha value is -1.19. The predicted octanol–water partition coefficient (Wildman–Crippen LogP) is 3.29. The molecule has 1 unspecified atom stereocenters. The molecule has 1 aromatic carbocycles. The minimum absolute atomic E-state index is 0.575. The second-order valence-electron chi connectivity index (χ2n) is 4.32. The van der Waals surface area contributed by atoms with E-state index in [0.29, 0.717) is 6.42 Å². The maximum absolute atomic E-state index is 10.5. The summed E-state index contributed by atoms with van der Waals surface area (Å²) in [5.74, 6) is 0. The smallest absolute Gasteiger partial charge is 0.0923 e. The van der Waals surface area contributed by atoms with Gasteiger partial charge >= 0.3 is 0 Å². The molecule has 1 N–H and O–H groups in total. The monoisotopic (exact) mass is 291 g/mol. The first kappa shape index (κ1) is 12.3. The van der Waals surface area contributed by atoms with Gasteiger partial charge in [0.2, 0.25) is 0 Å². The highest BCUT2D eigenvalue weighted by Gasteiger charge is 2.23. The third kappa shape index (κ3) is 3.14. The number of halogens is 1. The van der Waals surface area contributed by atoms with Crippen LogP contribution >= 0.6 is 15.9 Å². The van der Waals surface area contributed by atoms with E-state index in [4.69, 9.17) is 0 Å². The highest BCUT2D eigenvalue weighted by atomic mass is 79.9. The van der Waals surface area contributed by atoms with Crippen molar-refractivity contribution < 1.29 is 5.11 Å². The van der Waals surface area contributed by atoms with Crippen LogP contribution in [0.3, 0.4) is 0 Å². The average molecular weight is 292 g/mol. The fourth-order valence-corrected chi connectivity index (χ4v) is 2.05. The summed E-state index contributed by atoms with van der Waals surface area (Å²) >= 11 is 3.40. The number of hydrogen-bond acceptors (Lipinski definition) is 2. The molecule has 0 aliphatic heterocycles. The van der Waals surface area contributed by atoms with Gasteiger partial charge < -0.3 is 5.11 Å². The Labute approximate surface area is 109 Å². The lowest BCUT2D eigenvalue weighted by Gasteiger charge is -2.23. The number of aromatic nitrogens is 1. The van der Waals surface area contributed by atoms with E-state index in [1.807, 2.05) is 43.3 Å². The lowest BCUT2D eigenvalue weighted by molar-refractivity contribution is 0.0573. The van der Waals surface area contributed by atoms with Crippen LogP contribution in [0, 0.1) is 0 Å². The van der Waals surface area contributed by atoms with Gasteiger partial charge in [-0.25, -0.2) is 0 Å².